The van der Waals surface area contributed by atoms with Crippen LogP contribution in [0.25, 0.3) is 21.9 Å². The van der Waals surface area contributed by atoms with Gasteiger partial charge in [0.2, 0.25) is 5.91 Å². The highest BCUT2D eigenvalue weighted by molar-refractivity contribution is 5.87. The maximum atomic E-state index is 12.2. The van der Waals surface area contributed by atoms with E-state index in [4.69, 9.17) is 0 Å². The molecule has 0 N–H and O–H groups in total. The minimum atomic E-state index is 0.0815. The van der Waals surface area contributed by atoms with Crippen LogP contribution >= 0.6 is 0 Å². The van der Waals surface area contributed by atoms with E-state index in [-0.39, 0.29) is 5.41 Å². The highest BCUT2D eigenvalue weighted by Gasteiger charge is 2.46. The Labute approximate surface area is 160 Å². The van der Waals surface area contributed by atoms with Gasteiger partial charge in [0, 0.05) is 24.9 Å². The minimum Gasteiger partial charge on any atom is -0.342 e. The minimum absolute atomic E-state index is 0.0815. The molecule has 2 heteroatoms. The van der Waals surface area contributed by atoms with Gasteiger partial charge < -0.3 is 4.90 Å². The summed E-state index contributed by atoms with van der Waals surface area (Å²) >= 11 is 0. The molecule has 0 spiro atoms. The Morgan fingerprint density at radius 3 is 2.52 bits per heavy atom. The Hall–Kier alpha value is -2.61. The summed E-state index contributed by atoms with van der Waals surface area (Å²) in [5.74, 6) is 0.300. The first-order chi connectivity index (χ1) is 13.1. The number of nitrogens with zero attached hydrogens (tertiary/aromatic N) is 1. The molecule has 2 aliphatic rings. The molecule has 1 saturated heterocycles. The number of likely N-dealkylation sites (tertiary alicyclic amines) is 1. The van der Waals surface area contributed by atoms with Crippen LogP contribution in [0.15, 0.2) is 60.7 Å². The highest BCUT2D eigenvalue weighted by atomic mass is 16.2. The fourth-order valence-electron chi connectivity index (χ4n) is 5.34. The largest absolute Gasteiger partial charge is 0.342 e. The van der Waals surface area contributed by atoms with Gasteiger partial charge in [0.05, 0.1) is 0 Å². The predicted octanol–water partition coefficient (Wildman–Crippen LogP) is 5.33. The molecule has 1 fully saturated rings. The molecule has 27 heavy (non-hydrogen) atoms. The molecular formula is C25H25NO. The molecular weight excluding hydrogens is 330 g/mol. The number of fused-ring (bicyclic) bond motifs is 4. The first-order valence-corrected chi connectivity index (χ1v) is 9.94. The van der Waals surface area contributed by atoms with Crippen LogP contribution in [0.5, 0.6) is 0 Å². The molecule has 5 rings (SSSR count). The molecule has 0 aromatic heterocycles. The molecule has 1 heterocycles. The number of rotatable bonds is 1. The summed E-state index contributed by atoms with van der Waals surface area (Å²) < 4.78 is 0. The van der Waals surface area contributed by atoms with E-state index < -0.39 is 0 Å². The van der Waals surface area contributed by atoms with Crippen molar-refractivity contribution >= 4 is 16.7 Å². The normalized spacial score (nSPS) is 24.6. The average Bonchev–Trinajstić information content (AvgIpc) is 2.70. The van der Waals surface area contributed by atoms with Gasteiger partial charge in [0.15, 0.2) is 0 Å². The summed E-state index contributed by atoms with van der Waals surface area (Å²) in [7, 11) is 1.98. The molecule has 2 nitrogen and oxygen atoms in total. The van der Waals surface area contributed by atoms with E-state index in [1.807, 2.05) is 11.9 Å². The quantitative estimate of drug-likeness (QED) is 0.578. The fourth-order valence-corrected chi connectivity index (χ4v) is 5.34. The number of carbonyl (C=O) groups is 1. The van der Waals surface area contributed by atoms with Crippen molar-refractivity contribution in [1.29, 1.82) is 0 Å². The van der Waals surface area contributed by atoms with Crippen LogP contribution in [-0.4, -0.2) is 23.9 Å². The van der Waals surface area contributed by atoms with Crippen molar-refractivity contribution in [2.24, 2.45) is 0 Å². The SMILES string of the molecule is CN1C(=O)CC[C@]2(C)c3ccc(-c4ccc5ccccc5c4)cc3CCC12. The standard InChI is InChI=1S/C25H25NO/c1-25-14-13-24(27)26(2)23(25)12-10-21-16-20(9-11-22(21)25)19-8-7-17-5-3-4-6-18(17)15-19/h3-9,11,15-16,23H,10,12-14H2,1-2H3/t23?,25-/m1/s1. The molecule has 3 aromatic carbocycles. The summed E-state index contributed by atoms with van der Waals surface area (Å²) in [5, 5.41) is 2.57. The Balaban J connectivity index is 1.56. The zero-order chi connectivity index (χ0) is 18.6. The van der Waals surface area contributed by atoms with Crippen LogP contribution in [0.4, 0.5) is 0 Å². The monoisotopic (exact) mass is 355 g/mol. The maximum absolute atomic E-state index is 12.2. The third-order valence-electron chi connectivity index (χ3n) is 6.95. The number of hydrogen-bond donors (Lipinski definition) is 0. The van der Waals surface area contributed by atoms with Gasteiger partial charge in [0.25, 0.3) is 0 Å². The lowest BCUT2D eigenvalue weighted by Gasteiger charge is -2.50. The number of carbonyl (C=O) groups excluding carboxylic acids is 1. The molecule has 0 bridgehead atoms. The van der Waals surface area contributed by atoms with Gasteiger partial charge in [0.1, 0.15) is 0 Å². The third kappa shape index (κ3) is 2.50. The molecule has 3 aromatic rings. The van der Waals surface area contributed by atoms with E-state index in [9.17, 15) is 4.79 Å². The van der Waals surface area contributed by atoms with Crippen LogP contribution in [-0.2, 0) is 16.6 Å². The smallest absolute Gasteiger partial charge is 0.222 e. The van der Waals surface area contributed by atoms with Crippen molar-refractivity contribution in [3.05, 3.63) is 71.8 Å². The van der Waals surface area contributed by atoms with E-state index in [1.165, 1.54) is 33.0 Å². The second kappa shape index (κ2) is 5.95. The van der Waals surface area contributed by atoms with Crippen molar-refractivity contribution in [3.63, 3.8) is 0 Å². The van der Waals surface area contributed by atoms with Gasteiger partial charge in [-0.15, -0.1) is 0 Å². The maximum Gasteiger partial charge on any atom is 0.222 e. The lowest BCUT2D eigenvalue weighted by molar-refractivity contribution is -0.138. The van der Waals surface area contributed by atoms with Gasteiger partial charge >= 0.3 is 0 Å². The molecule has 1 aliphatic carbocycles. The summed E-state index contributed by atoms with van der Waals surface area (Å²) in [6.45, 7) is 2.36. The average molecular weight is 355 g/mol. The summed E-state index contributed by atoms with van der Waals surface area (Å²) in [4.78, 5) is 14.2. The molecule has 1 amide bonds. The zero-order valence-electron chi connectivity index (χ0n) is 16.0. The van der Waals surface area contributed by atoms with Gasteiger partial charge in [-0.05, 0) is 58.4 Å². The number of amides is 1. The van der Waals surface area contributed by atoms with E-state index in [0.29, 0.717) is 18.4 Å². The number of aryl methyl sites for hydroxylation is 1. The van der Waals surface area contributed by atoms with Crippen molar-refractivity contribution < 1.29 is 4.79 Å². The molecule has 2 atom stereocenters. The van der Waals surface area contributed by atoms with Crippen LogP contribution < -0.4 is 0 Å². The molecule has 0 radical (unpaired) electrons. The topological polar surface area (TPSA) is 20.3 Å². The second-order valence-corrected chi connectivity index (χ2v) is 8.41. The predicted molar refractivity (Wildman–Crippen MR) is 111 cm³/mol. The van der Waals surface area contributed by atoms with Crippen LogP contribution in [0.1, 0.15) is 37.3 Å². The Morgan fingerprint density at radius 1 is 0.926 bits per heavy atom. The first kappa shape index (κ1) is 16.6. The molecule has 1 aliphatic heterocycles. The third-order valence-corrected chi connectivity index (χ3v) is 6.95. The second-order valence-electron chi connectivity index (χ2n) is 8.41. The van der Waals surface area contributed by atoms with Crippen molar-refractivity contribution in [2.45, 2.75) is 44.1 Å². The van der Waals surface area contributed by atoms with E-state index in [2.05, 4.69) is 67.6 Å². The first-order valence-electron chi connectivity index (χ1n) is 9.94. The number of likely N-dealkylation sites (N-methyl/N-ethyl adjacent to an activating group) is 1. The summed E-state index contributed by atoms with van der Waals surface area (Å²) in [6, 6.07) is 22.6. The molecule has 136 valence electrons. The van der Waals surface area contributed by atoms with Gasteiger partial charge in [-0.1, -0.05) is 61.5 Å². The highest BCUT2D eigenvalue weighted by Crippen LogP contribution is 2.46. The number of hydrogen-bond acceptors (Lipinski definition) is 1. The number of piperidine rings is 1. The Kier molecular flexibility index (Phi) is 3.65. The Bertz CT molecular complexity index is 1050. The fraction of sp³-hybridized carbons (Fsp3) is 0.320. The van der Waals surface area contributed by atoms with Crippen LogP contribution in [0.2, 0.25) is 0 Å². The summed E-state index contributed by atoms with van der Waals surface area (Å²) in [6.07, 6.45) is 3.74. The van der Waals surface area contributed by atoms with Gasteiger partial charge in [-0.25, -0.2) is 0 Å². The van der Waals surface area contributed by atoms with Crippen molar-refractivity contribution in [3.8, 4) is 11.1 Å². The molecule has 0 saturated carbocycles. The van der Waals surface area contributed by atoms with Gasteiger partial charge in [-0.3, -0.25) is 4.79 Å². The van der Waals surface area contributed by atoms with Crippen molar-refractivity contribution in [2.75, 3.05) is 7.05 Å². The lowest BCUT2D eigenvalue weighted by atomic mass is 9.63. The van der Waals surface area contributed by atoms with Crippen LogP contribution in [0, 0.1) is 0 Å². The van der Waals surface area contributed by atoms with E-state index in [1.54, 1.807) is 0 Å². The Morgan fingerprint density at radius 2 is 1.67 bits per heavy atom. The van der Waals surface area contributed by atoms with Crippen molar-refractivity contribution in [1.82, 2.24) is 4.90 Å². The van der Waals surface area contributed by atoms with Gasteiger partial charge in [-0.2, -0.15) is 0 Å². The zero-order valence-corrected chi connectivity index (χ0v) is 16.0. The van der Waals surface area contributed by atoms with E-state index >= 15 is 0 Å². The van der Waals surface area contributed by atoms with Crippen LogP contribution in [0.3, 0.4) is 0 Å². The summed E-state index contributed by atoms with van der Waals surface area (Å²) in [5.41, 5.74) is 5.56. The lowest BCUT2D eigenvalue weighted by Crippen LogP contribution is -2.56. The number of benzene rings is 3. The van der Waals surface area contributed by atoms with E-state index in [0.717, 1.165) is 19.3 Å². The molecule has 1 unspecified atom stereocenters.